The Morgan fingerprint density at radius 3 is 2.45 bits per heavy atom. The number of aromatic nitrogens is 4. The van der Waals surface area contributed by atoms with Gasteiger partial charge in [-0.25, -0.2) is 19.9 Å². The minimum atomic E-state index is 0.00246. The molecule has 172 valence electrons. The SMILES string of the molecule is C=C(/C=C\C(C)=NC)C(C)Nc1ncnc2c(C3CC3)cc(-c3ncc(C)cn3)cc12.CC. The summed E-state index contributed by atoms with van der Waals surface area (Å²) in [6.45, 7) is 14.2. The largest absolute Gasteiger partial charge is 0.363 e. The molecule has 1 fully saturated rings. The summed E-state index contributed by atoms with van der Waals surface area (Å²) < 4.78 is 0. The number of nitrogens with one attached hydrogen (secondary N) is 1. The van der Waals surface area contributed by atoms with Gasteiger partial charge >= 0.3 is 0 Å². The molecule has 0 bridgehead atoms. The van der Waals surface area contributed by atoms with Gasteiger partial charge in [-0.1, -0.05) is 26.5 Å². The highest BCUT2D eigenvalue weighted by atomic mass is 15.0. The van der Waals surface area contributed by atoms with Crippen LogP contribution in [0.25, 0.3) is 22.3 Å². The third-order valence-electron chi connectivity index (χ3n) is 5.63. The highest BCUT2D eigenvalue weighted by Crippen LogP contribution is 2.44. The molecule has 1 unspecified atom stereocenters. The van der Waals surface area contributed by atoms with Crippen molar-refractivity contribution in [3.8, 4) is 11.4 Å². The zero-order valence-electron chi connectivity index (χ0n) is 20.6. The summed E-state index contributed by atoms with van der Waals surface area (Å²) in [7, 11) is 1.78. The number of allylic oxidation sites excluding steroid dienone is 1. The number of anilines is 1. The highest BCUT2D eigenvalue weighted by molar-refractivity contribution is 5.95. The first kappa shape index (κ1) is 24.2. The van der Waals surface area contributed by atoms with E-state index >= 15 is 0 Å². The first-order chi connectivity index (χ1) is 16.0. The summed E-state index contributed by atoms with van der Waals surface area (Å²) in [5.41, 5.74) is 6.20. The van der Waals surface area contributed by atoms with Crippen molar-refractivity contribution in [2.45, 2.75) is 59.4 Å². The first-order valence-corrected chi connectivity index (χ1v) is 11.6. The third-order valence-corrected chi connectivity index (χ3v) is 5.63. The second-order valence-corrected chi connectivity index (χ2v) is 8.18. The monoisotopic (exact) mass is 442 g/mol. The van der Waals surface area contributed by atoms with Gasteiger partial charge in [0.05, 0.1) is 5.52 Å². The lowest BCUT2D eigenvalue weighted by Crippen LogP contribution is -2.18. The summed E-state index contributed by atoms with van der Waals surface area (Å²) in [5, 5.41) is 4.51. The lowest BCUT2D eigenvalue weighted by Gasteiger charge is -2.17. The maximum atomic E-state index is 4.63. The van der Waals surface area contributed by atoms with Crippen molar-refractivity contribution in [1.29, 1.82) is 0 Å². The van der Waals surface area contributed by atoms with Crippen LogP contribution in [0, 0.1) is 6.92 Å². The van der Waals surface area contributed by atoms with Gasteiger partial charge in [-0.2, -0.15) is 0 Å². The number of nitrogens with zero attached hydrogens (tertiary/aromatic N) is 5. The van der Waals surface area contributed by atoms with Gasteiger partial charge < -0.3 is 5.32 Å². The van der Waals surface area contributed by atoms with Gasteiger partial charge in [-0.15, -0.1) is 0 Å². The molecule has 2 heterocycles. The van der Waals surface area contributed by atoms with Crippen molar-refractivity contribution in [2.24, 2.45) is 4.99 Å². The van der Waals surface area contributed by atoms with Crippen molar-refractivity contribution in [3.05, 3.63) is 66.3 Å². The molecule has 1 saturated carbocycles. The Hall–Kier alpha value is -3.41. The second kappa shape index (κ2) is 10.9. The van der Waals surface area contributed by atoms with Gasteiger partial charge in [0.2, 0.25) is 0 Å². The molecule has 6 nitrogen and oxygen atoms in total. The molecule has 1 aromatic carbocycles. The van der Waals surface area contributed by atoms with Crippen molar-refractivity contribution in [2.75, 3.05) is 12.4 Å². The molecule has 0 amide bonds. The Kier molecular flexibility index (Phi) is 8.04. The standard InChI is InChI=1S/C25H28N6.C2H6/c1-15-12-27-24(28-13-15)20-10-21(19-8-9-19)23-22(11-20)25(30-14-29-23)31-18(4)16(2)6-7-17(3)26-5;1-2/h6-7,10-14,18-19H,2,8-9H2,1,3-5H3,(H,29,30,31);1-2H3/b7-6-,26-17?;. The molecule has 33 heavy (non-hydrogen) atoms. The van der Waals surface area contributed by atoms with Crippen LogP contribution in [0.3, 0.4) is 0 Å². The highest BCUT2D eigenvalue weighted by Gasteiger charge is 2.27. The van der Waals surface area contributed by atoms with Gasteiger partial charge in [0.15, 0.2) is 5.82 Å². The zero-order chi connectivity index (χ0) is 24.0. The maximum absolute atomic E-state index is 4.63. The Morgan fingerprint density at radius 2 is 1.82 bits per heavy atom. The molecule has 1 atom stereocenters. The molecular weight excluding hydrogens is 408 g/mol. The first-order valence-electron chi connectivity index (χ1n) is 11.6. The van der Waals surface area contributed by atoms with E-state index in [2.05, 4.69) is 55.9 Å². The van der Waals surface area contributed by atoms with E-state index in [0.29, 0.717) is 5.92 Å². The van der Waals surface area contributed by atoms with Crippen LogP contribution < -0.4 is 5.32 Å². The Bertz CT molecular complexity index is 1170. The molecule has 0 saturated heterocycles. The van der Waals surface area contributed by atoms with Crippen LogP contribution in [0.5, 0.6) is 0 Å². The maximum Gasteiger partial charge on any atom is 0.159 e. The van der Waals surface area contributed by atoms with Crippen LogP contribution in [-0.2, 0) is 0 Å². The van der Waals surface area contributed by atoms with Crippen molar-refractivity contribution >= 4 is 22.4 Å². The molecule has 1 aliphatic rings. The van der Waals surface area contributed by atoms with E-state index in [1.165, 1.54) is 18.4 Å². The van der Waals surface area contributed by atoms with Crippen molar-refractivity contribution in [3.63, 3.8) is 0 Å². The van der Waals surface area contributed by atoms with Gasteiger partial charge in [0.25, 0.3) is 0 Å². The Morgan fingerprint density at radius 1 is 1.12 bits per heavy atom. The second-order valence-electron chi connectivity index (χ2n) is 8.18. The normalized spacial score (nSPS) is 14.7. The van der Waals surface area contributed by atoms with Crippen LogP contribution >= 0.6 is 0 Å². The molecule has 0 radical (unpaired) electrons. The number of aryl methyl sites for hydroxylation is 1. The number of hydrogen-bond donors (Lipinski definition) is 1. The average molecular weight is 443 g/mol. The fourth-order valence-corrected chi connectivity index (χ4v) is 3.43. The lowest BCUT2D eigenvalue weighted by atomic mass is 10.0. The summed E-state index contributed by atoms with van der Waals surface area (Å²) in [6.07, 6.45) is 11.7. The van der Waals surface area contributed by atoms with E-state index in [1.54, 1.807) is 13.4 Å². The van der Waals surface area contributed by atoms with Crippen LogP contribution in [0.1, 0.15) is 57.6 Å². The Balaban J connectivity index is 0.00000149. The van der Waals surface area contributed by atoms with Crippen LogP contribution in [0.15, 0.2) is 60.2 Å². The van der Waals surface area contributed by atoms with Crippen molar-refractivity contribution in [1.82, 2.24) is 19.9 Å². The molecule has 1 aliphatic carbocycles. The van der Waals surface area contributed by atoms with E-state index < -0.39 is 0 Å². The van der Waals surface area contributed by atoms with E-state index in [4.69, 9.17) is 0 Å². The van der Waals surface area contributed by atoms with Gasteiger partial charge in [-0.05, 0) is 74.4 Å². The number of fused-ring (bicyclic) bond motifs is 1. The zero-order valence-corrected chi connectivity index (χ0v) is 20.6. The molecule has 3 aromatic rings. The molecule has 6 heteroatoms. The molecule has 2 aromatic heterocycles. The van der Waals surface area contributed by atoms with E-state index in [1.807, 2.05) is 52.2 Å². The van der Waals surface area contributed by atoms with Gasteiger partial charge in [0.1, 0.15) is 12.1 Å². The minimum absolute atomic E-state index is 0.00246. The topological polar surface area (TPSA) is 76.0 Å². The summed E-state index contributed by atoms with van der Waals surface area (Å²) in [6, 6.07) is 4.29. The predicted octanol–water partition coefficient (Wildman–Crippen LogP) is 6.30. The number of aliphatic imine (C=N–C) groups is 1. The van der Waals surface area contributed by atoms with Gasteiger partial charge in [-0.3, -0.25) is 4.99 Å². The molecule has 0 aliphatic heterocycles. The van der Waals surface area contributed by atoms with Crippen molar-refractivity contribution < 1.29 is 0 Å². The smallest absolute Gasteiger partial charge is 0.159 e. The number of rotatable bonds is 7. The lowest BCUT2D eigenvalue weighted by molar-refractivity contribution is 0.943. The third kappa shape index (κ3) is 5.89. The van der Waals surface area contributed by atoms with E-state index in [0.717, 1.165) is 45.0 Å². The quantitative estimate of drug-likeness (QED) is 0.343. The van der Waals surface area contributed by atoms with E-state index in [-0.39, 0.29) is 6.04 Å². The fourth-order valence-electron chi connectivity index (χ4n) is 3.43. The van der Waals surface area contributed by atoms with Crippen LogP contribution in [0.2, 0.25) is 0 Å². The molecular formula is C27H34N6. The number of benzene rings is 1. The molecule has 0 spiro atoms. The summed E-state index contributed by atoms with van der Waals surface area (Å²) in [5.74, 6) is 2.06. The van der Waals surface area contributed by atoms with Crippen LogP contribution in [0.4, 0.5) is 5.82 Å². The fraction of sp³-hybridized carbons (Fsp3) is 0.370. The van der Waals surface area contributed by atoms with Gasteiger partial charge in [0, 0.05) is 42.1 Å². The Labute approximate surface area is 197 Å². The summed E-state index contributed by atoms with van der Waals surface area (Å²) >= 11 is 0. The van der Waals surface area contributed by atoms with Crippen LogP contribution in [-0.4, -0.2) is 38.7 Å². The molecule has 1 N–H and O–H groups in total. The minimum Gasteiger partial charge on any atom is -0.363 e. The summed E-state index contributed by atoms with van der Waals surface area (Å²) in [4.78, 5) is 22.4. The predicted molar refractivity (Wildman–Crippen MR) is 139 cm³/mol. The molecule has 4 rings (SSSR count). The van der Waals surface area contributed by atoms with E-state index in [9.17, 15) is 0 Å². The number of hydrogen-bond acceptors (Lipinski definition) is 6. The average Bonchev–Trinajstić information content (AvgIpc) is 3.69.